The summed E-state index contributed by atoms with van der Waals surface area (Å²) < 4.78 is 6.69. The Balaban J connectivity index is 1.52. The van der Waals surface area contributed by atoms with Gasteiger partial charge in [0, 0.05) is 17.0 Å². The Hall–Kier alpha value is -4.53. The summed E-state index contributed by atoms with van der Waals surface area (Å²) in [5, 5.41) is 12.6. The van der Waals surface area contributed by atoms with Crippen molar-refractivity contribution in [2.75, 3.05) is 0 Å². The van der Waals surface area contributed by atoms with Crippen molar-refractivity contribution in [3.05, 3.63) is 99.3 Å². The second-order valence-electron chi connectivity index (χ2n) is 11.6. The third kappa shape index (κ3) is 4.53. The molecule has 0 spiro atoms. The van der Waals surface area contributed by atoms with E-state index in [0.29, 0.717) is 41.6 Å². The van der Waals surface area contributed by atoms with E-state index in [2.05, 4.69) is 22.4 Å². The minimum atomic E-state index is -1.05. The van der Waals surface area contributed by atoms with Crippen LogP contribution in [0.3, 0.4) is 0 Å². The number of hydrogen-bond acceptors (Lipinski definition) is 6. The first-order valence-corrected chi connectivity index (χ1v) is 14.5. The second-order valence-corrected chi connectivity index (χ2v) is 11.6. The highest BCUT2D eigenvalue weighted by Crippen LogP contribution is 2.37. The Morgan fingerprint density at radius 1 is 1.02 bits per heavy atom. The van der Waals surface area contributed by atoms with Crippen LogP contribution in [0.4, 0.5) is 0 Å². The number of amides is 2. The molecule has 9 nitrogen and oxygen atoms in total. The monoisotopic (exact) mass is 565 g/mol. The van der Waals surface area contributed by atoms with Gasteiger partial charge < -0.3 is 14.6 Å². The van der Waals surface area contributed by atoms with E-state index in [1.807, 2.05) is 52.0 Å². The number of piperazine rings is 1. The summed E-state index contributed by atoms with van der Waals surface area (Å²) in [5.74, 6) is -1.71. The predicted molar refractivity (Wildman–Crippen MR) is 159 cm³/mol. The fourth-order valence-electron chi connectivity index (χ4n) is 6.65. The summed E-state index contributed by atoms with van der Waals surface area (Å²) in [7, 11) is 0. The molecule has 42 heavy (non-hydrogen) atoms. The normalized spacial score (nSPS) is 20.4. The number of hydrogen-bond donors (Lipinski definition) is 2. The first-order chi connectivity index (χ1) is 20.2. The molecule has 0 saturated carbocycles. The number of carbonyl (C=O) groups excluding carboxylic acids is 2. The summed E-state index contributed by atoms with van der Waals surface area (Å²) in [6.07, 6.45) is 1.99. The Morgan fingerprint density at radius 3 is 2.36 bits per heavy atom. The van der Waals surface area contributed by atoms with Gasteiger partial charge in [0.15, 0.2) is 5.58 Å². The molecule has 1 fully saturated rings. The van der Waals surface area contributed by atoms with Gasteiger partial charge in [0.25, 0.3) is 0 Å². The van der Waals surface area contributed by atoms with Crippen LogP contribution in [0, 0.1) is 31.1 Å². The average molecular weight is 566 g/mol. The van der Waals surface area contributed by atoms with Gasteiger partial charge in [-0.25, -0.2) is 9.36 Å². The van der Waals surface area contributed by atoms with Gasteiger partial charge in [0.05, 0.1) is 5.52 Å². The fraction of sp³-hybridized carbons (Fsp3) is 0.364. The van der Waals surface area contributed by atoms with Crippen molar-refractivity contribution in [3.8, 4) is 0 Å². The summed E-state index contributed by atoms with van der Waals surface area (Å²) >= 11 is 0. The Morgan fingerprint density at radius 2 is 1.69 bits per heavy atom. The van der Waals surface area contributed by atoms with Crippen LogP contribution in [0.25, 0.3) is 11.1 Å². The van der Waals surface area contributed by atoms with Crippen LogP contribution in [0.15, 0.2) is 69.9 Å². The van der Waals surface area contributed by atoms with Gasteiger partial charge in [-0.05, 0) is 67.9 Å². The van der Waals surface area contributed by atoms with Gasteiger partial charge >= 0.3 is 5.76 Å². The number of aromatic nitrogens is 2. The summed E-state index contributed by atoms with van der Waals surface area (Å²) in [4.78, 5) is 48.1. The van der Waals surface area contributed by atoms with E-state index in [-0.39, 0.29) is 29.5 Å². The molecule has 1 aliphatic heterocycles. The number of rotatable bonds is 6. The van der Waals surface area contributed by atoms with Crippen LogP contribution < -0.4 is 11.1 Å². The van der Waals surface area contributed by atoms with Crippen LogP contribution in [-0.4, -0.2) is 44.2 Å². The highest BCUT2D eigenvalue weighted by atomic mass is 16.4. The molecule has 1 unspecified atom stereocenters. The third-order valence-electron chi connectivity index (χ3n) is 8.95. The molecule has 1 saturated heterocycles. The van der Waals surface area contributed by atoms with Gasteiger partial charge in [-0.3, -0.25) is 20.0 Å². The SMILES string of the molecule is CC[C@H](C)[C@@H]1C(=O)N[C@H](C2Cc3ccccc3C2)C(=O)N1C(C(=N)n1c(=O)oc2ccccc21)c1ccc(C)nc1C. The molecule has 2 aromatic heterocycles. The maximum absolute atomic E-state index is 14.7. The van der Waals surface area contributed by atoms with Crippen molar-refractivity contribution >= 4 is 28.7 Å². The van der Waals surface area contributed by atoms with Crippen LogP contribution in [0.1, 0.15) is 54.4 Å². The molecular formula is C33H35N5O4. The second kappa shape index (κ2) is 10.7. The number of benzene rings is 2. The van der Waals surface area contributed by atoms with Gasteiger partial charge in [-0.1, -0.05) is 62.7 Å². The van der Waals surface area contributed by atoms with Crippen molar-refractivity contribution in [2.24, 2.45) is 11.8 Å². The Labute approximate surface area is 244 Å². The molecule has 1 aliphatic carbocycles. The van der Waals surface area contributed by atoms with Crippen LogP contribution >= 0.6 is 0 Å². The molecule has 216 valence electrons. The summed E-state index contributed by atoms with van der Waals surface area (Å²) in [6.45, 7) is 7.63. The number of nitrogens with zero attached hydrogens (tertiary/aromatic N) is 3. The zero-order chi connectivity index (χ0) is 29.7. The molecule has 4 aromatic rings. The lowest BCUT2D eigenvalue weighted by Gasteiger charge is -2.46. The summed E-state index contributed by atoms with van der Waals surface area (Å²) in [6, 6.07) is 16.0. The first-order valence-electron chi connectivity index (χ1n) is 14.5. The number of oxazole rings is 1. The van der Waals surface area contributed by atoms with Crippen LogP contribution in [0.5, 0.6) is 0 Å². The highest BCUT2D eigenvalue weighted by molar-refractivity contribution is 6.02. The molecule has 2 aliphatic rings. The molecule has 0 bridgehead atoms. The number of para-hydroxylation sites is 2. The van der Waals surface area contributed by atoms with Crippen LogP contribution in [0.2, 0.25) is 0 Å². The molecule has 0 radical (unpaired) electrons. The van der Waals surface area contributed by atoms with Gasteiger partial charge in [0.1, 0.15) is 24.0 Å². The van der Waals surface area contributed by atoms with E-state index in [4.69, 9.17) is 4.42 Å². The van der Waals surface area contributed by atoms with E-state index in [0.717, 1.165) is 5.69 Å². The Bertz CT molecular complexity index is 1750. The highest BCUT2D eigenvalue weighted by Gasteiger charge is 2.50. The molecule has 6 rings (SSSR count). The number of carbonyl (C=O) groups is 2. The number of aryl methyl sites for hydroxylation is 2. The van der Waals surface area contributed by atoms with Crippen molar-refractivity contribution in [1.82, 2.24) is 19.8 Å². The Kier molecular flexibility index (Phi) is 7.04. The first kappa shape index (κ1) is 27.6. The number of pyridine rings is 1. The molecule has 4 atom stereocenters. The average Bonchev–Trinajstić information content (AvgIpc) is 3.55. The van der Waals surface area contributed by atoms with E-state index in [1.165, 1.54) is 15.7 Å². The van der Waals surface area contributed by atoms with Crippen LogP contribution in [-0.2, 0) is 22.4 Å². The third-order valence-corrected chi connectivity index (χ3v) is 8.95. The lowest BCUT2D eigenvalue weighted by Crippen LogP contribution is -2.68. The fourth-order valence-corrected chi connectivity index (χ4v) is 6.65. The zero-order valence-electron chi connectivity index (χ0n) is 24.3. The molecule has 9 heteroatoms. The van der Waals surface area contributed by atoms with Crippen molar-refractivity contribution in [3.63, 3.8) is 0 Å². The smallest absolute Gasteiger partial charge is 0.407 e. The topological polar surface area (TPSA) is 121 Å². The van der Waals surface area contributed by atoms with E-state index in [1.54, 1.807) is 29.2 Å². The van der Waals surface area contributed by atoms with Gasteiger partial charge in [-0.2, -0.15) is 0 Å². The maximum Gasteiger partial charge on any atom is 0.425 e. The lowest BCUT2D eigenvalue weighted by atomic mass is 9.85. The van der Waals surface area contributed by atoms with E-state index >= 15 is 0 Å². The van der Waals surface area contributed by atoms with Crippen molar-refractivity contribution < 1.29 is 14.0 Å². The molecule has 2 aromatic carbocycles. The van der Waals surface area contributed by atoms with Gasteiger partial charge in [0.2, 0.25) is 11.8 Å². The quantitative estimate of drug-likeness (QED) is 0.266. The molecular weight excluding hydrogens is 530 g/mol. The minimum absolute atomic E-state index is 0.121. The van der Waals surface area contributed by atoms with E-state index in [9.17, 15) is 19.8 Å². The molecule has 3 heterocycles. The summed E-state index contributed by atoms with van der Waals surface area (Å²) in [5.41, 5.74) is 5.12. The lowest BCUT2D eigenvalue weighted by molar-refractivity contribution is -0.154. The number of fused-ring (bicyclic) bond motifs is 2. The minimum Gasteiger partial charge on any atom is -0.407 e. The molecule has 2 amide bonds. The maximum atomic E-state index is 14.7. The largest absolute Gasteiger partial charge is 0.425 e. The van der Waals surface area contributed by atoms with Crippen molar-refractivity contribution in [2.45, 2.75) is 65.1 Å². The zero-order valence-corrected chi connectivity index (χ0v) is 24.3. The standard InChI is InChI=1S/C33H35N5O4/c1-5-18(2)28-31(39)36-27(23-16-21-10-6-7-11-22(21)17-23)32(40)38(28)29(24-15-14-19(3)35-20(24)4)30(34)37-25-12-8-9-13-26(25)42-33(37)41/h6-15,18,23,27-29,34H,5,16-17H2,1-4H3,(H,36,39)/t18-,27+,28+,29?/m0/s1. The van der Waals surface area contributed by atoms with Crippen molar-refractivity contribution in [1.29, 1.82) is 5.41 Å². The number of nitrogens with one attached hydrogen (secondary N) is 2. The van der Waals surface area contributed by atoms with Gasteiger partial charge in [-0.15, -0.1) is 0 Å². The van der Waals surface area contributed by atoms with E-state index < -0.39 is 23.9 Å². The molecule has 2 N–H and O–H groups in total. The predicted octanol–water partition coefficient (Wildman–Crippen LogP) is 4.33.